The third-order valence-electron chi connectivity index (χ3n) is 5.07. The molecule has 1 aromatic carbocycles. The van der Waals surface area contributed by atoms with Gasteiger partial charge in [-0.15, -0.1) is 10.2 Å². The maximum absolute atomic E-state index is 12.3. The van der Waals surface area contributed by atoms with Crippen molar-refractivity contribution in [3.63, 3.8) is 0 Å². The first-order valence-corrected chi connectivity index (χ1v) is 9.41. The highest BCUT2D eigenvalue weighted by molar-refractivity contribution is 5.76. The number of methoxy groups -OCH3 is 1. The number of likely N-dealkylation sites (tertiary alicyclic amines) is 1. The number of benzene rings is 1. The first kappa shape index (κ1) is 19.1. The Balaban J connectivity index is 1.60. The van der Waals surface area contributed by atoms with Crippen molar-refractivity contribution < 1.29 is 9.53 Å². The Labute approximate surface area is 158 Å². The van der Waals surface area contributed by atoms with Crippen LogP contribution in [0.4, 0.5) is 0 Å². The van der Waals surface area contributed by atoms with Gasteiger partial charge in [0.1, 0.15) is 17.3 Å². The molecule has 144 valence electrons. The number of aromatic amines is 1. The Hall–Kier alpha value is -2.70. The Morgan fingerprint density at radius 3 is 2.70 bits per heavy atom. The quantitative estimate of drug-likeness (QED) is 0.840. The molecule has 0 radical (unpaired) electrons. The van der Waals surface area contributed by atoms with E-state index in [9.17, 15) is 9.59 Å². The second-order valence-electron chi connectivity index (χ2n) is 7.10. The number of ether oxygens (including phenoxy) is 1. The number of hydrogen-bond donors (Lipinski definition) is 1. The fraction of sp³-hybridized carbons (Fsp3) is 0.500. The third-order valence-corrected chi connectivity index (χ3v) is 5.07. The molecule has 0 atom stereocenters. The van der Waals surface area contributed by atoms with Crippen LogP contribution in [0.2, 0.25) is 0 Å². The van der Waals surface area contributed by atoms with Crippen molar-refractivity contribution in [3.8, 4) is 5.75 Å². The smallest absolute Gasteiger partial charge is 0.272 e. The first-order valence-electron chi connectivity index (χ1n) is 9.41. The molecule has 0 spiro atoms. The molecular formula is C20H26N4O3. The number of carbonyl (C=O) groups is 1. The molecule has 1 aromatic heterocycles. The lowest BCUT2D eigenvalue weighted by molar-refractivity contribution is -0.132. The van der Waals surface area contributed by atoms with Gasteiger partial charge in [-0.25, -0.2) is 0 Å². The maximum Gasteiger partial charge on any atom is 0.272 e. The van der Waals surface area contributed by atoms with E-state index in [4.69, 9.17) is 4.74 Å². The van der Waals surface area contributed by atoms with Gasteiger partial charge >= 0.3 is 0 Å². The van der Waals surface area contributed by atoms with Crippen LogP contribution in [0.15, 0.2) is 29.1 Å². The monoisotopic (exact) mass is 370 g/mol. The summed E-state index contributed by atoms with van der Waals surface area (Å²) in [5.41, 5.74) is 0.944. The van der Waals surface area contributed by atoms with Crippen molar-refractivity contribution in [2.24, 2.45) is 5.92 Å². The highest BCUT2D eigenvalue weighted by Gasteiger charge is 2.20. The fourth-order valence-electron chi connectivity index (χ4n) is 3.31. The van der Waals surface area contributed by atoms with Crippen molar-refractivity contribution in [1.82, 2.24) is 20.1 Å². The molecule has 0 saturated carbocycles. The van der Waals surface area contributed by atoms with E-state index in [0.717, 1.165) is 37.2 Å². The number of para-hydroxylation sites is 1. The summed E-state index contributed by atoms with van der Waals surface area (Å²) >= 11 is 0. The Bertz CT molecular complexity index is 841. The molecule has 1 fully saturated rings. The fourth-order valence-corrected chi connectivity index (χ4v) is 3.31. The third kappa shape index (κ3) is 4.93. The van der Waals surface area contributed by atoms with Crippen LogP contribution in [-0.4, -0.2) is 46.2 Å². The van der Waals surface area contributed by atoms with Crippen molar-refractivity contribution in [1.29, 1.82) is 0 Å². The van der Waals surface area contributed by atoms with Gasteiger partial charge in [-0.3, -0.25) is 9.59 Å². The van der Waals surface area contributed by atoms with Gasteiger partial charge in [-0.05, 0) is 24.8 Å². The number of H-pyrrole nitrogens is 1. The van der Waals surface area contributed by atoms with Gasteiger partial charge in [0.25, 0.3) is 5.56 Å². The number of aryl methyl sites for hydroxylation is 1. The minimum atomic E-state index is -0.282. The molecule has 1 saturated heterocycles. The van der Waals surface area contributed by atoms with Crippen molar-refractivity contribution in [2.45, 2.75) is 39.0 Å². The number of nitrogens with one attached hydrogen (secondary N) is 1. The Kier molecular flexibility index (Phi) is 6.21. The summed E-state index contributed by atoms with van der Waals surface area (Å²) in [4.78, 5) is 29.3. The topological polar surface area (TPSA) is 88.2 Å². The number of carbonyl (C=O) groups excluding carboxylic acids is 1. The molecule has 7 heteroatoms. The standard InChI is InChI=1S/C20H26N4O3/c1-14-9-11-24(12-10-14)19(25)8-7-16-20(26)21-18(23-22-16)13-15-5-3-4-6-17(15)27-2/h3-6,14H,7-13H2,1-2H3,(H,21,23,26). The van der Waals surface area contributed by atoms with Gasteiger partial charge in [0.2, 0.25) is 5.91 Å². The number of amides is 1. The summed E-state index contributed by atoms with van der Waals surface area (Å²) in [7, 11) is 1.61. The van der Waals surface area contributed by atoms with Crippen LogP contribution in [0.3, 0.4) is 0 Å². The van der Waals surface area contributed by atoms with Gasteiger partial charge in [-0.2, -0.15) is 0 Å². The minimum absolute atomic E-state index is 0.0844. The van der Waals surface area contributed by atoms with E-state index in [1.54, 1.807) is 7.11 Å². The number of aromatic nitrogens is 3. The lowest BCUT2D eigenvalue weighted by atomic mass is 9.99. The number of nitrogens with zero attached hydrogens (tertiary/aromatic N) is 3. The average Bonchev–Trinajstić information content (AvgIpc) is 2.68. The maximum atomic E-state index is 12.3. The zero-order chi connectivity index (χ0) is 19.2. The molecule has 0 bridgehead atoms. The van der Waals surface area contributed by atoms with E-state index in [0.29, 0.717) is 30.3 Å². The summed E-state index contributed by atoms with van der Waals surface area (Å²) < 4.78 is 5.32. The van der Waals surface area contributed by atoms with E-state index in [1.165, 1.54) is 0 Å². The summed E-state index contributed by atoms with van der Waals surface area (Å²) in [5, 5.41) is 8.18. The van der Waals surface area contributed by atoms with Gasteiger partial charge in [0, 0.05) is 37.9 Å². The van der Waals surface area contributed by atoms with Crippen LogP contribution in [0.1, 0.15) is 43.3 Å². The van der Waals surface area contributed by atoms with E-state index < -0.39 is 0 Å². The van der Waals surface area contributed by atoms with Crippen molar-refractivity contribution in [2.75, 3.05) is 20.2 Å². The van der Waals surface area contributed by atoms with E-state index in [-0.39, 0.29) is 17.9 Å². The predicted octanol–water partition coefficient (Wildman–Crippen LogP) is 1.96. The molecule has 2 aromatic rings. The molecule has 1 aliphatic rings. The average molecular weight is 370 g/mol. The van der Waals surface area contributed by atoms with E-state index >= 15 is 0 Å². The van der Waals surface area contributed by atoms with E-state index in [2.05, 4.69) is 22.1 Å². The Morgan fingerprint density at radius 1 is 1.26 bits per heavy atom. The summed E-state index contributed by atoms with van der Waals surface area (Å²) in [6, 6.07) is 7.58. The second kappa shape index (κ2) is 8.79. The zero-order valence-corrected chi connectivity index (χ0v) is 15.9. The molecule has 7 nitrogen and oxygen atoms in total. The molecule has 2 heterocycles. The molecule has 1 amide bonds. The van der Waals surface area contributed by atoms with Crippen LogP contribution in [0.5, 0.6) is 5.75 Å². The molecule has 1 aliphatic heterocycles. The highest BCUT2D eigenvalue weighted by Crippen LogP contribution is 2.19. The molecule has 0 unspecified atom stereocenters. The minimum Gasteiger partial charge on any atom is -0.496 e. The van der Waals surface area contributed by atoms with Crippen LogP contribution in [0.25, 0.3) is 0 Å². The molecule has 1 N–H and O–H groups in total. The number of rotatable bonds is 6. The largest absolute Gasteiger partial charge is 0.496 e. The lowest BCUT2D eigenvalue weighted by Gasteiger charge is -2.30. The second-order valence-corrected chi connectivity index (χ2v) is 7.10. The summed E-state index contributed by atoms with van der Waals surface area (Å²) in [6.45, 7) is 3.82. The van der Waals surface area contributed by atoms with Crippen LogP contribution in [0, 0.1) is 5.92 Å². The molecule has 0 aliphatic carbocycles. The van der Waals surface area contributed by atoms with Crippen molar-refractivity contribution in [3.05, 3.63) is 51.7 Å². The van der Waals surface area contributed by atoms with Gasteiger partial charge in [0.15, 0.2) is 0 Å². The normalized spacial score (nSPS) is 15.0. The first-order chi connectivity index (χ1) is 13.1. The predicted molar refractivity (Wildman–Crippen MR) is 102 cm³/mol. The van der Waals surface area contributed by atoms with Crippen molar-refractivity contribution >= 4 is 5.91 Å². The molecular weight excluding hydrogens is 344 g/mol. The van der Waals surface area contributed by atoms with E-state index in [1.807, 2.05) is 29.2 Å². The van der Waals surface area contributed by atoms with Gasteiger partial charge in [0.05, 0.1) is 7.11 Å². The number of piperidine rings is 1. The van der Waals surface area contributed by atoms with Crippen LogP contribution < -0.4 is 10.3 Å². The van der Waals surface area contributed by atoms with Gasteiger partial charge in [-0.1, -0.05) is 25.1 Å². The summed E-state index contributed by atoms with van der Waals surface area (Å²) in [6.07, 6.45) is 3.12. The molecule has 27 heavy (non-hydrogen) atoms. The molecule has 3 rings (SSSR count). The number of hydrogen-bond acceptors (Lipinski definition) is 5. The van der Waals surface area contributed by atoms with Gasteiger partial charge < -0.3 is 14.6 Å². The lowest BCUT2D eigenvalue weighted by Crippen LogP contribution is -2.38. The SMILES string of the molecule is COc1ccccc1Cc1nnc(CCC(=O)N2CCC(C)CC2)c(=O)[nH]1. The highest BCUT2D eigenvalue weighted by atomic mass is 16.5. The summed E-state index contributed by atoms with van der Waals surface area (Å²) in [5.74, 6) is 1.98. The Morgan fingerprint density at radius 2 is 2.00 bits per heavy atom. The van der Waals surface area contributed by atoms with Crippen LogP contribution in [-0.2, 0) is 17.6 Å². The zero-order valence-electron chi connectivity index (χ0n) is 15.9. The van der Waals surface area contributed by atoms with Crippen LogP contribution >= 0.6 is 0 Å².